The van der Waals surface area contributed by atoms with Crippen molar-refractivity contribution in [2.24, 2.45) is 0 Å². The third-order valence-electron chi connectivity index (χ3n) is 2.34. The maximum Gasteiger partial charge on any atom is 0.323 e. The number of nitrogens with zero attached hydrogens (tertiary/aromatic N) is 3. The predicted octanol–water partition coefficient (Wildman–Crippen LogP) is 0.869. The normalized spacial score (nSPS) is 10.6. The standard InChI is InChI=1S/C10H12N4O2/c1-2-14(5-8(15)16)10-7-3-4-11-9(7)12-6-13-10/h3-4,6H,2,5H2,1H3,(H,15,16)(H,11,12,13). The average molecular weight is 220 g/mol. The summed E-state index contributed by atoms with van der Waals surface area (Å²) in [5, 5.41) is 9.64. The lowest BCUT2D eigenvalue weighted by molar-refractivity contribution is -0.135. The highest BCUT2D eigenvalue weighted by molar-refractivity contribution is 5.88. The summed E-state index contributed by atoms with van der Waals surface area (Å²) in [6, 6.07) is 1.84. The number of rotatable bonds is 4. The van der Waals surface area contributed by atoms with E-state index in [4.69, 9.17) is 5.11 Å². The molecule has 6 heteroatoms. The Morgan fingerprint density at radius 3 is 3.06 bits per heavy atom. The van der Waals surface area contributed by atoms with Gasteiger partial charge in [-0.1, -0.05) is 0 Å². The third kappa shape index (κ3) is 1.81. The number of carboxylic acid groups (broad SMARTS) is 1. The summed E-state index contributed by atoms with van der Waals surface area (Å²) in [4.78, 5) is 23.6. The molecule has 84 valence electrons. The van der Waals surface area contributed by atoms with E-state index in [1.165, 1.54) is 6.33 Å². The number of anilines is 1. The molecule has 0 unspecified atom stereocenters. The highest BCUT2D eigenvalue weighted by Gasteiger charge is 2.13. The number of carbonyl (C=O) groups is 1. The number of likely N-dealkylation sites (N-methyl/N-ethyl adjacent to an activating group) is 1. The Morgan fingerprint density at radius 1 is 1.56 bits per heavy atom. The van der Waals surface area contributed by atoms with Crippen LogP contribution in [0.2, 0.25) is 0 Å². The zero-order valence-electron chi connectivity index (χ0n) is 8.84. The van der Waals surface area contributed by atoms with Crippen LogP contribution in [0.15, 0.2) is 18.6 Å². The highest BCUT2D eigenvalue weighted by Crippen LogP contribution is 2.21. The molecule has 0 radical (unpaired) electrons. The molecule has 2 heterocycles. The molecule has 0 aliphatic rings. The highest BCUT2D eigenvalue weighted by atomic mass is 16.4. The van der Waals surface area contributed by atoms with Crippen LogP contribution in [-0.2, 0) is 4.79 Å². The number of hydrogen-bond donors (Lipinski definition) is 2. The van der Waals surface area contributed by atoms with Gasteiger partial charge in [0.15, 0.2) is 0 Å². The van der Waals surface area contributed by atoms with E-state index < -0.39 is 5.97 Å². The van der Waals surface area contributed by atoms with Crippen LogP contribution >= 0.6 is 0 Å². The summed E-state index contributed by atoms with van der Waals surface area (Å²) in [6.07, 6.45) is 3.19. The van der Waals surface area contributed by atoms with Crippen molar-refractivity contribution in [1.82, 2.24) is 15.0 Å². The molecule has 0 amide bonds. The van der Waals surface area contributed by atoms with Crippen molar-refractivity contribution in [1.29, 1.82) is 0 Å². The van der Waals surface area contributed by atoms with Gasteiger partial charge in [-0.05, 0) is 13.0 Å². The number of aromatic amines is 1. The Bertz CT molecular complexity index is 508. The Kier molecular flexibility index (Phi) is 2.72. The van der Waals surface area contributed by atoms with Crippen molar-refractivity contribution in [2.45, 2.75) is 6.92 Å². The predicted molar refractivity (Wildman–Crippen MR) is 59.4 cm³/mol. The smallest absolute Gasteiger partial charge is 0.323 e. The lowest BCUT2D eigenvalue weighted by Gasteiger charge is -2.19. The fourth-order valence-electron chi connectivity index (χ4n) is 1.61. The second-order valence-electron chi connectivity index (χ2n) is 3.35. The van der Waals surface area contributed by atoms with Gasteiger partial charge in [-0.15, -0.1) is 0 Å². The van der Waals surface area contributed by atoms with Crippen LogP contribution < -0.4 is 4.90 Å². The molecule has 2 aromatic heterocycles. The van der Waals surface area contributed by atoms with Crippen LogP contribution in [0.3, 0.4) is 0 Å². The molecule has 0 saturated carbocycles. The number of aromatic nitrogens is 3. The molecule has 0 aliphatic heterocycles. The molecule has 16 heavy (non-hydrogen) atoms. The summed E-state index contributed by atoms with van der Waals surface area (Å²) >= 11 is 0. The fourth-order valence-corrected chi connectivity index (χ4v) is 1.61. The Labute approximate surface area is 91.9 Å². The maximum atomic E-state index is 10.7. The van der Waals surface area contributed by atoms with Gasteiger partial charge in [-0.3, -0.25) is 4.79 Å². The molecule has 0 fully saturated rings. The maximum absolute atomic E-state index is 10.7. The molecule has 2 N–H and O–H groups in total. The van der Waals surface area contributed by atoms with Gasteiger partial charge in [-0.25, -0.2) is 9.97 Å². The van der Waals surface area contributed by atoms with Crippen molar-refractivity contribution in [3.05, 3.63) is 18.6 Å². The Morgan fingerprint density at radius 2 is 2.38 bits per heavy atom. The summed E-state index contributed by atoms with van der Waals surface area (Å²) in [5.41, 5.74) is 0.717. The first-order valence-corrected chi connectivity index (χ1v) is 4.97. The van der Waals surface area contributed by atoms with E-state index in [1.54, 1.807) is 11.1 Å². The van der Waals surface area contributed by atoms with Crippen LogP contribution in [0.25, 0.3) is 11.0 Å². The summed E-state index contributed by atoms with van der Waals surface area (Å²) < 4.78 is 0. The topological polar surface area (TPSA) is 82.1 Å². The lowest BCUT2D eigenvalue weighted by atomic mass is 10.3. The van der Waals surface area contributed by atoms with Crippen LogP contribution in [0.1, 0.15) is 6.92 Å². The Hall–Kier alpha value is -2.11. The Balaban J connectivity index is 2.43. The lowest BCUT2D eigenvalue weighted by Crippen LogP contribution is -2.30. The number of carboxylic acids is 1. The molecule has 0 atom stereocenters. The van der Waals surface area contributed by atoms with Crippen LogP contribution in [-0.4, -0.2) is 39.1 Å². The van der Waals surface area contributed by atoms with E-state index in [-0.39, 0.29) is 6.54 Å². The largest absolute Gasteiger partial charge is 0.480 e. The van der Waals surface area contributed by atoms with Gasteiger partial charge in [0.25, 0.3) is 0 Å². The number of fused-ring (bicyclic) bond motifs is 1. The molecule has 6 nitrogen and oxygen atoms in total. The third-order valence-corrected chi connectivity index (χ3v) is 2.34. The van der Waals surface area contributed by atoms with Gasteiger partial charge in [-0.2, -0.15) is 0 Å². The van der Waals surface area contributed by atoms with E-state index in [0.29, 0.717) is 18.0 Å². The van der Waals surface area contributed by atoms with Crippen molar-refractivity contribution in [3.63, 3.8) is 0 Å². The second kappa shape index (κ2) is 4.18. The molecular formula is C10H12N4O2. The first-order chi connectivity index (χ1) is 7.72. The van der Waals surface area contributed by atoms with E-state index in [0.717, 1.165) is 5.39 Å². The SMILES string of the molecule is CCN(CC(=O)O)c1ncnc2[nH]ccc12. The van der Waals surface area contributed by atoms with E-state index >= 15 is 0 Å². The van der Waals surface area contributed by atoms with Gasteiger partial charge in [0.2, 0.25) is 0 Å². The second-order valence-corrected chi connectivity index (χ2v) is 3.35. The van der Waals surface area contributed by atoms with Gasteiger partial charge >= 0.3 is 5.97 Å². The zero-order valence-corrected chi connectivity index (χ0v) is 8.84. The molecule has 2 rings (SSSR count). The molecule has 2 aromatic rings. The zero-order chi connectivity index (χ0) is 11.5. The van der Waals surface area contributed by atoms with Gasteiger partial charge in [0, 0.05) is 12.7 Å². The molecular weight excluding hydrogens is 208 g/mol. The van der Waals surface area contributed by atoms with Gasteiger partial charge in [0.05, 0.1) is 5.39 Å². The van der Waals surface area contributed by atoms with Gasteiger partial charge in [0.1, 0.15) is 24.3 Å². The summed E-state index contributed by atoms with van der Waals surface area (Å²) in [6.45, 7) is 2.42. The van der Waals surface area contributed by atoms with Crippen LogP contribution in [0.5, 0.6) is 0 Å². The summed E-state index contributed by atoms with van der Waals surface area (Å²) in [7, 11) is 0. The van der Waals surface area contributed by atoms with E-state index in [1.807, 2.05) is 13.0 Å². The van der Waals surface area contributed by atoms with Crippen molar-refractivity contribution >= 4 is 22.8 Å². The monoisotopic (exact) mass is 220 g/mol. The number of H-pyrrole nitrogens is 1. The first-order valence-electron chi connectivity index (χ1n) is 4.97. The van der Waals surface area contributed by atoms with Crippen LogP contribution in [0, 0.1) is 0 Å². The quantitative estimate of drug-likeness (QED) is 0.798. The number of nitrogens with one attached hydrogen (secondary N) is 1. The first kappa shape index (κ1) is 10.4. The molecule has 0 aliphatic carbocycles. The fraction of sp³-hybridized carbons (Fsp3) is 0.300. The molecule has 0 saturated heterocycles. The van der Waals surface area contributed by atoms with Crippen molar-refractivity contribution in [2.75, 3.05) is 18.0 Å². The minimum absolute atomic E-state index is 0.0617. The average Bonchev–Trinajstić information content (AvgIpc) is 2.73. The van der Waals surface area contributed by atoms with E-state index in [2.05, 4.69) is 15.0 Å². The van der Waals surface area contributed by atoms with Crippen LogP contribution in [0.4, 0.5) is 5.82 Å². The van der Waals surface area contributed by atoms with E-state index in [9.17, 15) is 4.79 Å². The van der Waals surface area contributed by atoms with Crippen molar-refractivity contribution < 1.29 is 9.90 Å². The van der Waals surface area contributed by atoms with Gasteiger partial charge < -0.3 is 15.0 Å². The van der Waals surface area contributed by atoms with Crippen molar-refractivity contribution in [3.8, 4) is 0 Å². The summed E-state index contributed by atoms with van der Waals surface area (Å²) in [5.74, 6) is -0.222. The molecule has 0 spiro atoms. The molecule has 0 aromatic carbocycles. The number of aliphatic carboxylic acids is 1. The number of hydrogen-bond acceptors (Lipinski definition) is 4. The minimum atomic E-state index is -0.871. The molecule has 0 bridgehead atoms. The minimum Gasteiger partial charge on any atom is -0.480 e.